The molecule has 1 aromatic rings. The first-order valence-electron chi connectivity index (χ1n) is 4.92. The van der Waals surface area contributed by atoms with Crippen LogP contribution in [0.3, 0.4) is 0 Å². The van der Waals surface area contributed by atoms with Gasteiger partial charge in [0, 0.05) is 16.0 Å². The Labute approximate surface area is 104 Å². The molecule has 15 heavy (non-hydrogen) atoms. The highest BCUT2D eigenvalue weighted by atomic mass is 79.9. The van der Waals surface area contributed by atoms with Crippen LogP contribution < -0.4 is 5.32 Å². The fourth-order valence-electron chi connectivity index (χ4n) is 1.20. The van der Waals surface area contributed by atoms with Gasteiger partial charge >= 0.3 is 0 Å². The summed E-state index contributed by atoms with van der Waals surface area (Å²) in [5.74, 6) is 0. The largest absolute Gasteiger partial charge is 0.393 e. The summed E-state index contributed by atoms with van der Waals surface area (Å²) in [6, 6.07) is 5.74. The van der Waals surface area contributed by atoms with Crippen molar-refractivity contribution in [3.8, 4) is 0 Å². The first-order valence-corrected chi connectivity index (χ1v) is 6.09. The lowest BCUT2D eigenvalue weighted by molar-refractivity contribution is 0.183. The minimum absolute atomic E-state index is 0.244. The van der Waals surface area contributed by atoms with Gasteiger partial charge in [0.05, 0.1) is 6.10 Å². The van der Waals surface area contributed by atoms with Crippen LogP contribution in [0.5, 0.6) is 0 Å². The quantitative estimate of drug-likeness (QED) is 0.818. The lowest BCUT2D eigenvalue weighted by Gasteiger charge is -2.08. The maximum atomic E-state index is 9.07. The minimum atomic E-state index is -0.244. The number of aliphatic hydroxyl groups is 1. The third-order valence-electron chi connectivity index (χ3n) is 2.07. The van der Waals surface area contributed by atoms with Crippen molar-refractivity contribution >= 4 is 27.5 Å². The smallest absolute Gasteiger partial charge is 0.0524 e. The number of hydrogen-bond acceptors (Lipinski definition) is 2. The number of benzene rings is 1. The Kier molecular flexibility index (Phi) is 5.61. The maximum absolute atomic E-state index is 9.07. The molecule has 1 atom stereocenters. The van der Waals surface area contributed by atoms with Crippen LogP contribution in [0.15, 0.2) is 22.7 Å². The number of hydrogen-bond donors (Lipinski definition) is 2. The molecule has 0 saturated carbocycles. The van der Waals surface area contributed by atoms with E-state index in [1.54, 1.807) is 6.92 Å². The Balaban J connectivity index is 2.37. The molecule has 1 aromatic carbocycles. The topological polar surface area (TPSA) is 32.3 Å². The van der Waals surface area contributed by atoms with Crippen molar-refractivity contribution in [2.75, 3.05) is 6.54 Å². The molecule has 0 aromatic heterocycles. The van der Waals surface area contributed by atoms with Crippen molar-refractivity contribution in [2.45, 2.75) is 26.0 Å². The van der Waals surface area contributed by atoms with Gasteiger partial charge in [0.25, 0.3) is 0 Å². The zero-order valence-corrected chi connectivity index (χ0v) is 11.0. The maximum Gasteiger partial charge on any atom is 0.0524 e. The highest BCUT2D eigenvalue weighted by Gasteiger charge is 2.00. The number of halogens is 2. The van der Waals surface area contributed by atoms with E-state index in [4.69, 9.17) is 16.7 Å². The predicted octanol–water partition coefficient (Wildman–Crippen LogP) is 2.96. The molecule has 0 saturated heterocycles. The molecule has 0 bridgehead atoms. The van der Waals surface area contributed by atoms with E-state index in [-0.39, 0.29) is 6.10 Å². The van der Waals surface area contributed by atoms with Gasteiger partial charge in [0.1, 0.15) is 0 Å². The molecule has 0 heterocycles. The molecule has 2 nitrogen and oxygen atoms in total. The van der Waals surface area contributed by atoms with Crippen molar-refractivity contribution in [1.29, 1.82) is 0 Å². The van der Waals surface area contributed by atoms with Crippen LogP contribution in [0.2, 0.25) is 5.02 Å². The summed E-state index contributed by atoms with van der Waals surface area (Å²) in [4.78, 5) is 0. The van der Waals surface area contributed by atoms with E-state index in [9.17, 15) is 0 Å². The van der Waals surface area contributed by atoms with Crippen LogP contribution in [-0.2, 0) is 6.54 Å². The third-order valence-corrected chi connectivity index (χ3v) is 3.04. The third kappa shape index (κ3) is 4.98. The summed E-state index contributed by atoms with van der Waals surface area (Å²) < 4.78 is 1.01. The molecular formula is C11H15BrClNO. The van der Waals surface area contributed by atoms with E-state index in [0.29, 0.717) is 0 Å². The van der Waals surface area contributed by atoms with Crippen LogP contribution in [0.4, 0.5) is 0 Å². The molecule has 0 unspecified atom stereocenters. The second-order valence-corrected chi connectivity index (χ2v) is 4.84. The van der Waals surface area contributed by atoms with Gasteiger partial charge in [-0.3, -0.25) is 0 Å². The Morgan fingerprint density at radius 3 is 2.87 bits per heavy atom. The fraction of sp³-hybridized carbons (Fsp3) is 0.455. The Morgan fingerprint density at radius 2 is 2.27 bits per heavy atom. The number of aliphatic hydroxyl groups excluding tert-OH is 1. The molecule has 84 valence electrons. The Bertz CT molecular complexity index is 317. The molecule has 0 spiro atoms. The number of nitrogens with one attached hydrogen (secondary N) is 1. The molecular weight excluding hydrogens is 277 g/mol. The zero-order valence-electron chi connectivity index (χ0n) is 8.63. The molecule has 0 aliphatic heterocycles. The van der Waals surface area contributed by atoms with Gasteiger partial charge in [0.2, 0.25) is 0 Å². The average Bonchev–Trinajstić information content (AvgIpc) is 2.14. The lowest BCUT2D eigenvalue weighted by atomic mass is 10.2. The fourth-order valence-corrected chi connectivity index (χ4v) is 2.02. The van der Waals surface area contributed by atoms with E-state index < -0.39 is 0 Å². The summed E-state index contributed by atoms with van der Waals surface area (Å²) in [5, 5.41) is 13.1. The first-order chi connectivity index (χ1) is 7.09. The van der Waals surface area contributed by atoms with E-state index >= 15 is 0 Å². The molecule has 4 heteroatoms. The van der Waals surface area contributed by atoms with Crippen LogP contribution >= 0.6 is 27.5 Å². The number of rotatable bonds is 5. The van der Waals surface area contributed by atoms with Crippen LogP contribution in [-0.4, -0.2) is 17.8 Å². The SMILES string of the molecule is C[C@@H](O)CCNCc1ccc(Cl)cc1Br. The van der Waals surface area contributed by atoms with E-state index in [1.807, 2.05) is 18.2 Å². The van der Waals surface area contributed by atoms with Crippen molar-refractivity contribution in [2.24, 2.45) is 0 Å². The first kappa shape index (κ1) is 13.0. The van der Waals surface area contributed by atoms with E-state index in [1.165, 1.54) is 5.56 Å². The minimum Gasteiger partial charge on any atom is -0.393 e. The standard InChI is InChI=1S/C11H15BrClNO/c1-8(15)4-5-14-7-9-2-3-10(13)6-11(9)12/h2-3,6,8,14-15H,4-5,7H2,1H3/t8-/m1/s1. The van der Waals surface area contributed by atoms with E-state index in [0.717, 1.165) is 29.0 Å². The van der Waals surface area contributed by atoms with Gasteiger partial charge in [-0.25, -0.2) is 0 Å². The van der Waals surface area contributed by atoms with Gasteiger partial charge < -0.3 is 10.4 Å². The normalized spacial score (nSPS) is 12.8. The van der Waals surface area contributed by atoms with Crippen LogP contribution in [0, 0.1) is 0 Å². The van der Waals surface area contributed by atoms with Crippen molar-refractivity contribution < 1.29 is 5.11 Å². The lowest BCUT2D eigenvalue weighted by Crippen LogP contribution is -2.18. The monoisotopic (exact) mass is 291 g/mol. The van der Waals surface area contributed by atoms with Crippen LogP contribution in [0.1, 0.15) is 18.9 Å². The molecule has 0 fully saturated rings. The highest BCUT2D eigenvalue weighted by molar-refractivity contribution is 9.10. The summed E-state index contributed by atoms with van der Waals surface area (Å²) in [6.07, 6.45) is 0.525. The summed E-state index contributed by atoms with van der Waals surface area (Å²) >= 11 is 9.29. The molecule has 0 aliphatic rings. The van der Waals surface area contributed by atoms with E-state index in [2.05, 4.69) is 21.2 Å². The Hall–Kier alpha value is -0.0900. The molecule has 0 radical (unpaired) electrons. The molecule has 1 rings (SSSR count). The second kappa shape index (κ2) is 6.48. The van der Waals surface area contributed by atoms with Gasteiger partial charge in [-0.2, -0.15) is 0 Å². The average molecular weight is 293 g/mol. The summed E-state index contributed by atoms with van der Waals surface area (Å²) in [5.41, 5.74) is 1.17. The molecule has 0 aliphatic carbocycles. The van der Waals surface area contributed by atoms with Gasteiger partial charge in [-0.1, -0.05) is 33.6 Å². The molecule has 0 amide bonds. The Morgan fingerprint density at radius 1 is 1.53 bits per heavy atom. The van der Waals surface area contributed by atoms with Gasteiger partial charge in [-0.05, 0) is 37.6 Å². The van der Waals surface area contributed by atoms with Gasteiger partial charge in [-0.15, -0.1) is 0 Å². The summed E-state index contributed by atoms with van der Waals surface area (Å²) in [6.45, 7) is 3.39. The predicted molar refractivity (Wildman–Crippen MR) is 67.2 cm³/mol. The zero-order chi connectivity index (χ0) is 11.3. The summed E-state index contributed by atoms with van der Waals surface area (Å²) in [7, 11) is 0. The van der Waals surface area contributed by atoms with Gasteiger partial charge in [0.15, 0.2) is 0 Å². The van der Waals surface area contributed by atoms with Crippen LogP contribution in [0.25, 0.3) is 0 Å². The molecule has 2 N–H and O–H groups in total. The van der Waals surface area contributed by atoms with Crippen molar-refractivity contribution in [3.63, 3.8) is 0 Å². The van der Waals surface area contributed by atoms with Crippen molar-refractivity contribution in [3.05, 3.63) is 33.3 Å². The second-order valence-electron chi connectivity index (χ2n) is 3.55. The highest BCUT2D eigenvalue weighted by Crippen LogP contribution is 2.21. The van der Waals surface area contributed by atoms with Crippen molar-refractivity contribution in [1.82, 2.24) is 5.32 Å².